The summed E-state index contributed by atoms with van der Waals surface area (Å²) in [6.07, 6.45) is 0. The monoisotopic (exact) mass is 397 g/mol. The van der Waals surface area contributed by atoms with Gasteiger partial charge in [-0.3, -0.25) is 0 Å². The summed E-state index contributed by atoms with van der Waals surface area (Å²) in [7, 11) is 3.64. The third-order valence-corrected chi connectivity index (χ3v) is 5.11. The smallest absolute Gasteiger partial charge is 0.120 e. The highest BCUT2D eigenvalue weighted by Crippen LogP contribution is 2.35. The molecule has 0 saturated carbocycles. The molecule has 0 spiro atoms. The van der Waals surface area contributed by atoms with Crippen molar-refractivity contribution in [1.29, 1.82) is 0 Å². The number of hydrogen-bond acceptors (Lipinski definition) is 2. The fraction of sp³-hybridized carbons (Fsp3) is 0.250. The second kappa shape index (κ2) is 6.74. The maximum Gasteiger partial charge on any atom is 0.120 e. The first-order valence-electron chi connectivity index (χ1n) is 6.34. The first kappa shape index (κ1) is 15.5. The van der Waals surface area contributed by atoms with Crippen molar-refractivity contribution in [3.05, 3.63) is 62.0 Å². The molecular weight excluding hydrogens is 382 g/mol. The summed E-state index contributed by atoms with van der Waals surface area (Å²) in [5.41, 5.74) is 3.63. The predicted molar refractivity (Wildman–Crippen MR) is 90.5 cm³/mol. The van der Waals surface area contributed by atoms with Crippen LogP contribution in [0.15, 0.2) is 45.3 Å². The van der Waals surface area contributed by atoms with Gasteiger partial charge in [0, 0.05) is 8.95 Å². The summed E-state index contributed by atoms with van der Waals surface area (Å²) in [5.74, 6) is 0.846. The van der Waals surface area contributed by atoms with Crippen LogP contribution in [0.4, 0.5) is 0 Å². The molecule has 2 rings (SSSR count). The van der Waals surface area contributed by atoms with E-state index < -0.39 is 0 Å². The molecule has 1 unspecified atom stereocenters. The van der Waals surface area contributed by atoms with E-state index in [0.717, 1.165) is 14.7 Å². The van der Waals surface area contributed by atoms with Crippen LogP contribution in [0.3, 0.4) is 0 Å². The standard InChI is InChI=1S/C16H17Br2NO/c1-10-5-4-6-13(15(10)18)16(19-2)12-8-7-11(20-3)9-14(12)17/h4-9,16,19H,1-3H3. The van der Waals surface area contributed by atoms with E-state index in [0.29, 0.717) is 0 Å². The molecular formula is C16H17Br2NO. The summed E-state index contributed by atoms with van der Waals surface area (Å²) in [4.78, 5) is 0. The topological polar surface area (TPSA) is 21.3 Å². The van der Waals surface area contributed by atoms with E-state index >= 15 is 0 Å². The van der Waals surface area contributed by atoms with Crippen molar-refractivity contribution in [2.75, 3.05) is 14.2 Å². The van der Waals surface area contributed by atoms with E-state index in [-0.39, 0.29) is 6.04 Å². The van der Waals surface area contributed by atoms with Gasteiger partial charge in [0.1, 0.15) is 5.75 Å². The third kappa shape index (κ3) is 3.08. The van der Waals surface area contributed by atoms with Crippen molar-refractivity contribution in [3.8, 4) is 5.75 Å². The van der Waals surface area contributed by atoms with Crippen molar-refractivity contribution in [2.24, 2.45) is 0 Å². The molecule has 0 aliphatic rings. The summed E-state index contributed by atoms with van der Waals surface area (Å²) in [5, 5.41) is 3.38. The van der Waals surface area contributed by atoms with Gasteiger partial charge in [0.05, 0.1) is 13.2 Å². The zero-order valence-electron chi connectivity index (χ0n) is 11.7. The van der Waals surface area contributed by atoms with Gasteiger partial charge in [-0.25, -0.2) is 0 Å². The number of aryl methyl sites for hydroxylation is 1. The van der Waals surface area contributed by atoms with Gasteiger partial charge < -0.3 is 10.1 Å². The molecule has 0 aromatic heterocycles. The third-order valence-electron chi connectivity index (χ3n) is 3.34. The average molecular weight is 399 g/mol. The van der Waals surface area contributed by atoms with Crippen LogP contribution in [0.5, 0.6) is 5.75 Å². The molecule has 0 fully saturated rings. The molecule has 0 saturated heterocycles. The van der Waals surface area contributed by atoms with Crippen LogP contribution >= 0.6 is 31.9 Å². The molecule has 0 aliphatic carbocycles. The first-order chi connectivity index (χ1) is 9.58. The van der Waals surface area contributed by atoms with Gasteiger partial charge in [-0.1, -0.05) is 56.1 Å². The number of benzene rings is 2. The molecule has 0 heterocycles. The molecule has 1 N–H and O–H groups in total. The van der Waals surface area contributed by atoms with E-state index in [4.69, 9.17) is 4.74 Å². The summed E-state index contributed by atoms with van der Waals surface area (Å²) in [6.45, 7) is 2.10. The van der Waals surface area contributed by atoms with Gasteiger partial charge in [-0.2, -0.15) is 0 Å². The Kier molecular flexibility index (Phi) is 5.24. The molecule has 2 nitrogen and oxygen atoms in total. The molecule has 2 aromatic carbocycles. The number of ether oxygens (including phenoxy) is 1. The van der Waals surface area contributed by atoms with Crippen molar-refractivity contribution in [1.82, 2.24) is 5.32 Å². The quantitative estimate of drug-likeness (QED) is 0.795. The molecule has 0 amide bonds. The predicted octanol–water partition coefficient (Wildman–Crippen LogP) is 4.84. The minimum atomic E-state index is 0.115. The summed E-state index contributed by atoms with van der Waals surface area (Å²) < 4.78 is 7.43. The lowest BCUT2D eigenvalue weighted by molar-refractivity contribution is 0.414. The van der Waals surface area contributed by atoms with Gasteiger partial charge >= 0.3 is 0 Å². The summed E-state index contributed by atoms with van der Waals surface area (Å²) in [6, 6.07) is 12.5. The number of nitrogens with one attached hydrogen (secondary N) is 1. The van der Waals surface area contributed by atoms with Crippen LogP contribution in [0.2, 0.25) is 0 Å². The minimum Gasteiger partial charge on any atom is -0.497 e. The maximum absolute atomic E-state index is 5.25. The lowest BCUT2D eigenvalue weighted by Gasteiger charge is -2.21. The van der Waals surface area contributed by atoms with Crippen LogP contribution in [-0.4, -0.2) is 14.2 Å². The highest BCUT2D eigenvalue weighted by molar-refractivity contribution is 9.10. The molecule has 2 aromatic rings. The highest BCUT2D eigenvalue weighted by atomic mass is 79.9. The van der Waals surface area contributed by atoms with Crippen LogP contribution in [0, 0.1) is 6.92 Å². The van der Waals surface area contributed by atoms with Crippen molar-refractivity contribution in [2.45, 2.75) is 13.0 Å². The largest absolute Gasteiger partial charge is 0.497 e. The molecule has 0 aliphatic heterocycles. The number of rotatable bonds is 4. The highest BCUT2D eigenvalue weighted by Gasteiger charge is 2.18. The Labute approximate surface area is 136 Å². The number of methoxy groups -OCH3 is 1. The van der Waals surface area contributed by atoms with Crippen LogP contribution in [0.25, 0.3) is 0 Å². The molecule has 0 radical (unpaired) electrons. The lowest BCUT2D eigenvalue weighted by Crippen LogP contribution is -2.19. The van der Waals surface area contributed by atoms with E-state index in [2.05, 4.69) is 68.4 Å². The molecule has 20 heavy (non-hydrogen) atoms. The molecule has 0 bridgehead atoms. The fourth-order valence-corrected chi connectivity index (χ4v) is 3.32. The van der Waals surface area contributed by atoms with E-state index in [1.165, 1.54) is 16.7 Å². The normalized spacial score (nSPS) is 12.2. The average Bonchev–Trinajstić information content (AvgIpc) is 2.45. The Bertz CT molecular complexity index is 613. The van der Waals surface area contributed by atoms with Crippen molar-refractivity contribution in [3.63, 3.8) is 0 Å². The lowest BCUT2D eigenvalue weighted by atomic mass is 9.97. The Morgan fingerprint density at radius 3 is 2.45 bits per heavy atom. The van der Waals surface area contributed by atoms with Crippen LogP contribution < -0.4 is 10.1 Å². The number of hydrogen-bond donors (Lipinski definition) is 1. The minimum absolute atomic E-state index is 0.115. The fourth-order valence-electron chi connectivity index (χ4n) is 2.24. The Hall–Kier alpha value is -0.840. The van der Waals surface area contributed by atoms with Gasteiger partial charge in [0.2, 0.25) is 0 Å². The van der Waals surface area contributed by atoms with Gasteiger partial charge in [-0.15, -0.1) is 0 Å². The second-order valence-electron chi connectivity index (χ2n) is 4.59. The molecule has 106 valence electrons. The van der Waals surface area contributed by atoms with E-state index in [9.17, 15) is 0 Å². The molecule has 1 atom stereocenters. The zero-order chi connectivity index (χ0) is 14.7. The second-order valence-corrected chi connectivity index (χ2v) is 6.23. The van der Waals surface area contributed by atoms with Crippen molar-refractivity contribution < 1.29 is 4.74 Å². The molecule has 4 heteroatoms. The van der Waals surface area contributed by atoms with E-state index in [1.54, 1.807) is 7.11 Å². The van der Waals surface area contributed by atoms with Crippen LogP contribution in [-0.2, 0) is 0 Å². The Balaban J connectivity index is 2.50. The summed E-state index contributed by atoms with van der Waals surface area (Å²) >= 11 is 7.33. The first-order valence-corrected chi connectivity index (χ1v) is 7.92. The zero-order valence-corrected chi connectivity index (χ0v) is 14.9. The Morgan fingerprint density at radius 1 is 1.10 bits per heavy atom. The van der Waals surface area contributed by atoms with Gasteiger partial charge in [0.25, 0.3) is 0 Å². The van der Waals surface area contributed by atoms with E-state index in [1.807, 2.05) is 19.2 Å². The van der Waals surface area contributed by atoms with Crippen molar-refractivity contribution >= 4 is 31.9 Å². The van der Waals surface area contributed by atoms with Crippen LogP contribution in [0.1, 0.15) is 22.7 Å². The van der Waals surface area contributed by atoms with Gasteiger partial charge in [-0.05, 0) is 42.8 Å². The Morgan fingerprint density at radius 2 is 1.85 bits per heavy atom. The SMILES string of the molecule is CNC(c1ccc(OC)cc1Br)c1cccc(C)c1Br. The van der Waals surface area contributed by atoms with Gasteiger partial charge in [0.15, 0.2) is 0 Å². The maximum atomic E-state index is 5.25. The number of halogens is 2.